The van der Waals surface area contributed by atoms with Crippen LogP contribution < -0.4 is 11.1 Å². The highest BCUT2D eigenvalue weighted by Crippen LogP contribution is 2.29. The van der Waals surface area contributed by atoms with Crippen molar-refractivity contribution in [1.29, 1.82) is 0 Å². The molecule has 0 spiro atoms. The van der Waals surface area contributed by atoms with Crippen molar-refractivity contribution in [2.75, 3.05) is 31.3 Å². The molecule has 2 heterocycles. The van der Waals surface area contributed by atoms with Crippen LogP contribution in [0, 0.1) is 5.92 Å². The van der Waals surface area contributed by atoms with E-state index in [0.29, 0.717) is 16.5 Å². The minimum absolute atomic E-state index is 0.213. The highest BCUT2D eigenvalue weighted by atomic mass is 32.1. The lowest BCUT2D eigenvalue weighted by atomic mass is 10.0. The zero-order valence-electron chi connectivity index (χ0n) is 10.4. The van der Waals surface area contributed by atoms with Gasteiger partial charge in [-0.15, -0.1) is 0 Å². The maximum Gasteiger partial charge on any atom is 0.344 e. The predicted molar refractivity (Wildman–Crippen MR) is 69.9 cm³/mol. The Labute approximate surface area is 110 Å². The predicted octanol–water partition coefficient (Wildman–Crippen LogP) is 1.35. The summed E-state index contributed by atoms with van der Waals surface area (Å²) >= 11 is 1.18. The van der Waals surface area contributed by atoms with Crippen LogP contribution >= 0.6 is 11.5 Å². The summed E-state index contributed by atoms with van der Waals surface area (Å²) in [5.74, 6) is 0.198. The van der Waals surface area contributed by atoms with Crippen molar-refractivity contribution in [3.05, 3.63) is 5.56 Å². The molecule has 7 heteroatoms. The fraction of sp³-hybridized carbons (Fsp3) is 0.636. The van der Waals surface area contributed by atoms with E-state index < -0.39 is 5.97 Å². The second-order valence-electron chi connectivity index (χ2n) is 4.27. The van der Waals surface area contributed by atoms with Gasteiger partial charge in [0.15, 0.2) is 5.82 Å². The largest absolute Gasteiger partial charge is 0.465 e. The lowest BCUT2D eigenvalue weighted by Gasteiger charge is -2.14. The zero-order valence-corrected chi connectivity index (χ0v) is 11.3. The third-order valence-electron chi connectivity index (χ3n) is 3.17. The molecule has 1 aliphatic heterocycles. The molecular formula is C11H17N3O3S. The molecule has 1 aliphatic rings. The number of nitrogens with two attached hydrogens (primary N) is 1. The Kier molecular flexibility index (Phi) is 4.03. The SMILES string of the molecule is COC(=O)c1c(N)nsc1NCC1CCOC1C. The van der Waals surface area contributed by atoms with E-state index in [-0.39, 0.29) is 11.9 Å². The van der Waals surface area contributed by atoms with Gasteiger partial charge in [-0.2, -0.15) is 4.37 Å². The van der Waals surface area contributed by atoms with Crippen molar-refractivity contribution in [2.24, 2.45) is 5.92 Å². The third-order valence-corrected chi connectivity index (χ3v) is 3.99. The minimum Gasteiger partial charge on any atom is -0.465 e. The van der Waals surface area contributed by atoms with Crippen LogP contribution in [0.3, 0.4) is 0 Å². The van der Waals surface area contributed by atoms with Crippen molar-refractivity contribution in [1.82, 2.24) is 4.37 Å². The van der Waals surface area contributed by atoms with Gasteiger partial charge in [0.25, 0.3) is 0 Å². The molecule has 1 aromatic rings. The van der Waals surface area contributed by atoms with E-state index in [1.54, 1.807) is 0 Å². The first-order valence-corrected chi connectivity index (χ1v) is 6.59. The standard InChI is InChI=1S/C11H17N3O3S/c1-6-7(3-4-17-6)5-13-10-8(11(15)16-2)9(12)14-18-10/h6-7,13H,3-5H2,1-2H3,(H2,12,14). The van der Waals surface area contributed by atoms with E-state index in [1.165, 1.54) is 18.6 Å². The van der Waals surface area contributed by atoms with Gasteiger partial charge in [-0.1, -0.05) is 0 Å². The van der Waals surface area contributed by atoms with Crippen LogP contribution in [0.1, 0.15) is 23.7 Å². The molecule has 0 aliphatic carbocycles. The number of esters is 1. The fourth-order valence-electron chi connectivity index (χ4n) is 1.99. The first-order chi connectivity index (χ1) is 8.63. The van der Waals surface area contributed by atoms with Crippen molar-refractivity contribution in [2.45, 2.75) is 19.4 Å². The van der Waals surface area contributed by atoms with Crippen molar-refractivity contribution in [3.8, 4) is 0 Å². The Hall–Kier alpha value is -1.34. The van der Waals surface area contributed by atoms with E-state index in [2.05, 4.69) is 16.6 Å². The lowest BCUT2D eigenvalue weighted by Crippen LogP contribution is -2.21. The maximum atomic E-state index is 11.6. The molecule has 1 saturated heterocycles. The monoisotopic (exact) mass is 271 g/mol. The average molecular weight is 271 g/mol. The summed E-state index contributed by atoms with van der Waals surface area (Å²) in [7, 11) is 1.33. The molecule has 1 fully saturated rings. The molecule has 0 saturated carbocycles. The Balaban J connectivity index is 2.03. The zero-order chi connectivity index (χ0) is 13.1. The number of carbonyl (C=O) groups is 1. The van der Waals surface area contributed by atoms with Gasteiger partial charge in [0.1, 0.15) is 10.6 Å². The highest BCUT2D eigenvalue weighted by molar-refractivity contribution is 7.11. The first-order valence-electron chi connectivity index (χ1n) is 5.82. The molecule has 18 heavy (non-hydrogen) atoms. The van der Waals surface area contributed by atoms with Gasteiger partial charge in [0.2, 0.25) is 0 Å². The number of hydrogen-bond donors (Lipinski definition) is 2. The topological polar surface area (TPSA) is 86.5 Å². The van der Waals surface area contributed by atoms with Crippen LogP contribution in [0.15, 0.2) is 0 Å². The summed E-state index contributed by atoms with van der Waals surface area (Å²) in [6.45, 7) is 3.59. The lowest BCUT2D eigenvalue weighted by molar-refractivity contribution is 0.0603. The number of nitrogens with zero attached hydrogens (tertiary/aromatic N) is 1. The smallest absolute Gasteiger partial charge is 0.344 e. The van der Waals surface area contributed by atoms with Crippen LogP contribution in [-0.4, -0.2) is 36.7 Å². The van der Waals surface area contributed by atoms with Crippen LogP contribution in [-0.2, 0) is 9.47 Å². The van der Waals surface area contributed by atoms with Crippen LogP contribution in [0.4, 0.5) is 10.8 Å². The molecule has 6 nitrogen and oxygen atoms in total. The van der Waals surface area contributed by atoms with Gasteiger partial charge in [0.05, 0.1) is 13.2 Å². The number of aromatic nitrogens is 1. The molecule has 0 bridgehead atoms. The number of methoxy groups -OCH3 is 1. The van der Waals surface area contributed by atoms with Crippen LogP contribution in [0.25, 0.3) is 0 Å². The van der Waals surface area contributed by atoms with E-state index in [0.717, 1.165) is 19.6 Å². The Morgan fingerprint density at radius 2 is 2.50 bits per heavy atom. The quantitative estimate of drug-likeness (QED) is 0.804. The number of carbonyl (C=O) groups excluding carboxylic acids is 1. The molecule has 2 atom stereocenters. The summed E-state index contributed by atoms with van der Waals surface area (Å²) in [6, 6.07) is 0. The van der Waals surface area contributed by atoms with Gasteiger partial charge in [-0.05, 0) is 24.9 Å². The number of nitrogen functional groups attached to an aromatic ring is 1. The molecule has 2 rings (SSSR count). The van der Waals surface area contributed by atoms with Gasteiger partial charge in [-0.3, -0.25) is 0 Å². The average Bonchev–Trinajstić information content (AvgIpc) is 2.92. The summed E-state index contributed by atoms with van der Waals surface area (Å²) in [5.41, 5.74) is 5.99. The van der Waals surface area contributed by atoms with Gasteiger partial charge in [-0.25, -0.2) is 4.79 Å². The molecule has 0 radical (unpaired) electrons. The Bertz CT molecular complexity index is 435. The van der Waals surface area contributed by atoms with E-state index >= 15 is 0 Å². The number of hydrogen-bond acceptors (Lipinski definition) is 7. The van der Waals surface area contributed by atoms with E-state index in [1.807, 2.05) is 0 Å². The summed E-state index contributed by atoms with van der Waals surface area (Å²) in [4.78, 5) is 11.6. The first kappa shape index (κ1) is 13.1. The third kappa shape index (κ3) is 2.56. The van der Waals surface area contributed by atoms with Gasteiger partial charge < -0.3 is 20.5 Å². The van der Waals surface area contributed by atoms with Crippen LogP contribution in [0.2, 0.25) is 0 Å². The second-order valence-corrected chi connectivity index (χ2v) is 5.04. The van der Waals surface area contributed by atoms with E-state index in [4.69, 9.17) is 15.2 Å². The fourth-order valence-corrected chi connectivity index (χ4v) is 2.70. The molecule has 0 amide bonds. The molecular weight excluding hydrogens is 254 g/mol. The minimum atomic E-state index is -0.459. The van der Waals surface area contributed by atoms with Crippen LogP contribution in [0.5, 0.6) is 0 Å². The molecule has 100 valence electrons. The molecule has 1 aromatic heterocycles. The number of rotatable bonds is 4. The second kappa shape index (κ2) is 5.53. The maximum absolute atomic E-state index is 11.6. The van der Waals surface area contributed by atoms with Crippen molar-refractivity contribution < 1.29 is 14.3 Å². The summed E-state index contributed by atoms with van der Waals surface area (Å²) in [5, 5.41) is 3.88. The Morgan fingerprint density at radius 1 is 1.72 bits per heavy atom. The van der Waals surface area contributed by atoms with E-state index in [9.17, 15) is 4.79 Å². The van der Waals surface area contributed by atoms with Gasteiger partial charge >= 0.3 is 5.97 Å². The normalized spacial score (nSPS) is 23.0. The number of ether oxygens (including phenoxy) is 2. The number of nitrogens with one attached hydrogen (secondary N) is 1. The highest BCUT2D eigenvalue weighted by Gasteiger charge is 2.26. The summed E-state index contributed by atoms with van der Waals surface area (Å²) in [6.07, 6.45) is 1.26. The molecule has 0 aromatic carbocycles. The van der Waals surface area contributed by atoms with Gasteiger partial charge in [0, 0.05) is 19.1 Å². The Morgan fingerprint density at radius 3 is 3.11 bits per heavy atom. The molecule has 3 N–H and O–H groups in total. The number of anilines is 2. The van der Waals surface area contributed by atoms with Crippen molar-refractivity contribution in [3.63, 3.8) is 0 Å². The summed E-state index contributed by atoms with van der Waals surface area (Å²) < 4.78 is 14.2. The molecule has 2 unspecified atom stereocenters. The van der Waals surface area contributed by atoms with Crippen molar-refractivity contribution >= 4 is 28.3 Å².